The number of aromatic nitrogens is 2. The fraction of sp³-hybridized carbons (Fsp3) is 0.125. The van der Waals surface area contributed by atoms with Crippen molar-refractivity contribution in [3.05, 3.63) is 141 Å². The Labute approximate surface area is 297 Å². The number of azo groups is 1. The minimum absolute atomic E-state index is 0.0324. The lowest BCUT2D eigenvalue weighted by Gasteiger charge is -2.08. The second-order valence-corrected chi connectivity index (χ2v) is 12.4. The second-order valence-electron chi connectivity index (χ2n) is 12.4. The van der Waals surface area contributed by atoms with Crippen LogP contribution in [0.4, 0.5) is 17.1 Å². The first-order valence-corrected chi connectivity index (χ1v) is 16.4. The lowest BCUT2D eigenvalue weighted by molar-refractivity contribution is 0.0686. The lowest BCUT2D eigenvalue weighted by Crippen LogP contribution is -2.14. The first kappa shape index (κ1) is 34.9. The van der Waals surface area contributed by atoms with Crippen molar-refractivity contribution in [3.8, 4) is 39.4 Å². The van der Waals surface area contributed by atoms with E-state index in [0.717, 1.165) is 18.5 Å². The molecule has 0 amide bonds. The molecule has 0 saturated carbocycles. The van der Waals surface area contributed by atoms with Crippen molar-refractivity contribution in [3.63, 3.8) is 0 Å². The van der Waals surface area contributed by atoms with Gasteiger partial charge < -0.3 is 26.2 Å². The molecule has 0 bridgehead atoms. The standard InChI is InChI=1S/C27H24N4O4.C13H11NO3/c1-15-9-10-17-11-12-20(14-22(15)17)31-26(33)24(16(2)30-31)29-28-23-8-4-7-21(25(23)32)18-5-3-6-19(13-18)27(34)35;14-11-6-2-5-10(12(11)15)8-3-1-4-9(7-8)13(16)17/h3-8,11-15,30,32H,9-10H2,1-2H3,(H,34,35);1-7,15H,14H2,(H,16,17). The number of nitrogens with one attached hydrogen (secondary N) is 1. The number of aromatic carboxylic acids is 2. The van der Waals surface area contributed by atoms with Crippen molar-refractivity contribution in [2.75, 3.05) is 5.73 Å². The predicted octanol–water partition coefficient (Wildman–Crippen LogP) is 8.35. The summed E-state index contributed by atoms with van der Waals surface area (Å²) in [6.45, 7) is 3.94. The molecule has 1 aliphatic rings. The number of carboxylic acid groups (broad SMARTS) is 2. The van der Waals surface area contributed by atoms with Crippen LogP contribution < -0.4 is 11.3 Å². The van der Waals surface area contributed by atoms with Gasteiger partial charge in [-0.25, -0.2) is 14.3 Å². The van der Waals surface area contributed by atoms with Gasteiger partial charge in [-0.15, -0.1) is 10.2 Å². The fourth-order valence-corrected chi connectivity index (χ4v) is 6.16. The van der Waals surface area contributed by atoms with Gasteiger partial charge in [0.15, 0.2) is 11.4 Å². The van der Waals surface area contributed by atoms with Gasteiger partial charge >= 0.3 is 11.9 Å². The van der Waals surface area contributed by atoms with E-state index < -0.39 is 11.9 Å². The monoisotopic (exact) mass is 697 g/mol. The second kappa shape index (κ2) is 14.5. The molecule has 0 spiro atoms. The Morgan fingerprint density at radius 1 is 0.788 bits per heavy atom. The number of anilines is 1. The van der Waals surface area contributed by atoms with Crippen LogP contribution in [0, 0.1) is 6.92 Å². The van der Waals surface area contributed by atoms with Crippen LogP contribution in [-0.4, -0.2) is 42.1 Å². The number of rotatable bonds is 7. The zero-order valence-electron chi connectivity index (χ0n) is 28.2. The molecule has 1 aromatic heterocycles. The Hall–Kier alpha value is -6.95. The number of carbonyl (C=O) groups is 2. The Kier molecular flexibility index (Phi) is 9.73. The number of nitrogen functional groups attached to an aromatic ring is 1. The number of H-pyrrole nitrogens is 1. The summed E-state index contributed by atoms with van der Waals surface area (Å²) in [7, 11) is 0. The highest BCUT2D eigenvalue weighted by molar-refractivity contribution is 5.91. The molecule has 52 heavy (non-hydrogen) atoms. The molecule has 0 aliphatic heterocycles. The van der Waals surface area contributed by atoms with E-state index in [1.165, 1.54) is 40.1 Å². The van der Waals surface area contributed by atoms with E-state index in [9.17, 15) is 29.7 Å². The van der Waals surface area contributed by atoms with Crippen LogP contribution in [0.1, 0.15) is 56.8 Å². The van der Waals surface area contributed by atoms with Gasteiger partial charge in [0.25, 0.3) is 5.56 Å². The number of aromatic hydroxyl groups is 2. The number of fused-ring (bicyclic) bond motifs is 1. The zero-order valence-corrected chi connectivity index (χ0v) is 28.2. The van der Waals surface area contributed by atoms with Crippen molar-refractivity contribution in [1.29, 1.82) is 0 Å². The van der Waals surface area contributed by atoms with E-state index >= 15 is 0 Å². The van der Waals surface area contributed by atoms with Crippen LogP contribution in [0.25, 0.3) is 27.9 Å². The quantitative estimate of drug-likeness (QED) is 0.0542. The van der Waals surface area contributed by atoms with Gasteiger partial charge in [-0.1, -0.05) is 61.5 Å². The van der Waals surface area contributed by atoms with Gasteiger partial charge in [-0.05, 0) is 96.5 Å². The van der Waals surface area contributed by atoms with Gasteiger partial charge in [0, 0.05) is 11.1 Å². The molecule has 1 atom stereocenters. The minimum atomic E-state index is -1.06. The third-order valence-electron chi connectivity index (χ3n) is 8.99. The number of phenolic OH excluding ortho intramolecular Hbond substituents is 2. The molecule has 0 fully saturated rings. The summed E-state index contributed by atoms with van der Waals surface area (Å²) in [6, 6.07) is 28.6. The van der Waals surface area contributed by atoms with Crippen LogP contribution in [0.15, 0.2) is 118 Å². The highest BCUT2D eigenvalue weighted by Gasteiger charge is 2.21. The van der Waals surface area contributed by atoms with E-state index in [1.807, 2.05) is 12.1 Å². The average molecular weight is 698 g/mol. The average Bonchev–Trinajstić information content (AvgIpc) is 3.65. The van der Waals surface area contributed by atoms with Crippen LogP contribution >= 0.6 is 0 Å². The van der Waals surface area contributed by atoms with Crippen LogP contribution in [0.2, 0.25) is 0 Å². The zero-order chi connectivity index (χ0) is 37.1. The molecule has 7 N–H and O–H groups in total. The first-order valence-electron chi connectivity index (χ1n) is 16.4. The molecule has 1 unspecified atom stereocenters. The highest BCUT2D eigenvalue weighted by Crippen LogP contribution is 2.39. The number of aryl methyl sites for hydroxylation is 2. The third kappa shape index (κ3) is 7.03. The predicted molar refractivity (Wildman–Crippen MR) is 197 cm³/mol. The number of nitrogens with zero attached hydrogens (tertiary/aromatic N) is 3. The molecule has 6 aromatic rings. The normalized spacial score (nSPS) is 13.4. The van der Waals surface area contributed by atoms with E-state index in [1.54, 1.807) is 67.6 Å². The summed E-state index contributed by atoms with van der Waals surface area (Å²) in [6.07, 6.45) is 2.16. The topological polar surface area (TPSA) is 204 Å². The smallest absolute Gasteiger partial charge is 0.335 e. The molecule has 1 heterocycles. The summed E-state index contributed by atoms with van der Waals surface area (Å²) in [5.74, 6) is -1.79. The Morgan fingerprint density at radius 3 is 2.02 bits per heavy atom. The Balaban J connectivity index is 0.000000229. The van der Waals surface area contributed by atoms with Gasteiger partial charge in [0.1, 0.15) is 11.4 Å². The molecule has 262 valence electrons. The fourth-order valence-electron chi connectivity index (χ4n) is 6.16. The maximum Gasteiger partial charge on any atom is 0.335 e. The maximum absolute atomic E-state index is 13.1. The first-order chi connectivity index (χ1) is 24.9. The molecule has 1 aliphatic carbocycles. The number of phenols is 2. The maximum atomic E-state index is 13.1. The summed E-state index contributed by atoms with van der Waals surface area (Å²) < 4.78 is 1.46. The molecule has 12 nitrogen and oxygen atoms in total. The lowest BCUT2D eigenvalue weighted by atomic mass is 10.0. The van der Waals surface area contributed by atoms with E-state index in [-0.39, 0.29) is 45.2 Å². The van der Waals surface area contributed by atoms with E-state index in [2.05, 4.69) is 28.3 Å². The number of aromatic amines is 1. The SMILES string of the molecule is Cc1[nH]n(-c2ccc3c(c2)C(C)CC3)c(=O)c1N=Nc1cccc(-c2cccc(C(=O)O)c2)c1O.Nc1cccc(-c2cccc(C(=O)O)c2)c1O. The number of nitrogens with two attached hydrogens (primary N) is 1. The Morgan fingerprint density at radius 2 is 1.38 bits per heavy atom. The number of para-hydroxylation sites is 2. The van der Waals surface area contributed by atoms with Gasteiger partial charge in [-0.2, -0.15) is 0 Å². The molecular weight excluding hydrogens is 662 g/mol. The molecule has 7 rings (SSSR count). The third-order valence-corrected chi connectivity index (χ3v) is 8.99. The minimum Gasteiger partial charge on any atom is -0.505 e. The van der Waals surface area contributed by atoms with Crippen molar-refractivity contribution < 1.29 is 30.0 Å². The molecular formula is C40H35N5O7. The summed E-state index contributed by atoms with van der Waals surface area (Å²) in [4.78, 5) is 35.3. The Bertz CT molecular complexity index is 2430. The largest absolute Gasteiger partial charge is 0.505 e. The molecule has 5 aromatic carbocycles. The van der Waals surface area contributed by atoms with Gasteiger partial charge in [-0.3, -0.25) is 9.89 Å². The summed E-state index contributed by atoms with van der Waals surface area (Å²) >= 11 is 0. The van der Waals surface area contributed by atoms with Crippen molar-refractivity contribution in [2.45, 2.75) is 32.6 Å². The molecule has 0 saturated heterocycles. The summed E-state index contributed by atoms with van der Waals surface area (Å²) in [5, 5.41) is 50.1. The number of hydrogen-bond donors (Lipinski definition) is 6. The van der Waals surface area contributed by atoms with Crippen molar-refractivity contribution >= 4 is 29.0 Å². The number of hydrogen-bond acceptors (Lipinski definition) is 8. The van der Waals surface area contributed by atoms with Crippen LogP contribution in [0.3, 0.4) is 0 Å². The van der Waals surface area contributed by atoms with Gasteiger partial charge in [0.05, 0.1) is 28.2 Å². The van der Waals surface area contributed by atoms with Crippen LogP contribution in [-0.2, 0) is 6.42 Å². The van der Waals surface area contributed by atoms with Crippen molar-refractivity contribution in [1.82, 2.24) is 9.78 Å². The van der Waals surface area contributed by atoms with E-state index in [4.69, 9.17) is 10.8 Å². The highest BCUT2D eigenvalue weighted by atomic mass is 16.4. The van der Waals surface area contributed by atoms with Gasteiger partial charge in [0.2, 0.25) is 0 Å². The molecule has 12 heteroatoms. The summed E-state index contributed by atoms with van der Waals surface area (Å²) in [5.41, 5.74) is 12.1. The van der Waals surface area contributed by atoms with Crippen LogP contribution in [0.5, 0.6) is 11.5 Å². The number of benzene rings is 5. The number of carboxylic acids is 2. The van der Waals surface area contributed by atoms with E-state index in [0.29, 0.717) is 33.9 Å². The van der Waals surface area contributed by atoms with Crippen molar-refractivity contribution in [2.24, 2.45) is 10.2 Å². The molecule has 0 radical (unpaired) electrons.